The number of aryl methyl sites for hydroxylation is 1. The predicted octanol–water partition coefficient (Wildman–Crippen LogP) is 2.46. The average Bonchev–Trinajstić information content (AvgIpc) is 3.07. The summed E-state index contributed by atoms with van der Waals surface area (Å²) in [6.45, 7) is 4.74. The first kappa shape index (κ1) is 18.5. The molecule has 1 saturated heterocycles. The van der Waals surface area contributed by atoms with E-state index < -0.39 is 0 Å². The van der Waals surface area contributed by atoms with Crippen LogP contribution in [0.1, 0.15) is 17.4 Å². The molecule has 0 radical (unpaired) electrons. The minimum atomic E-state index is -0.0121. The Morgan fingerprint density at radius 1 is 1.32 bits per heavy atom. The third-order valence-electron chi connectivity index (χ3n) is 5.01. The number of methoxy groups -OCH3 is 1. The Hall–Kier alpha value is -2.90. The van der Waals surface area contributed by atoms with Gasteiger partial charge < -0.3 is 20.4 Å². The lowest BCUT2D eigenvalue weighted by Gasteiger charge is -2.33. The van der Waals surface area contributed by atoms with Crippen LogP contribution in [-0.4, -0.2) is 54.1 Å². The smallest absolute Gasteiger partial charge is 0.238 e. The third kappa shape index (κ3) is 4.16. The number of carbonyl (C=O) groups is 1. The maximum Gasteiger partial charge on any atom is 0.238 e. The van der Waals surface area contributed by atoms with Crippen molar-refractivity contribution in [2.45, 2.75) is 13.0 Å². The molecule has 28 heavy (non-hydrogen) atoms. The largest absolute Gasteiger partial charge is 0.497 e. The van der Waals surface area contributed by atoms with Crippen molar-refractivity contribution in [2.24, 2.45) is 0 Å². The molecule has 0 spiro atoms. The maximum atomic E-state index is 12.5. The van der Waals surface area contributed by atoms with E-state index in [9.17, 15) is 4.79 Å². The van der Waals surface area contributed by atoms with Crippen molar-refractivity contribution in [3.8, 4) is 5.75 Å². The van der Waals surface area contributed by atoms with Gasteiger partial charge >= 0.3 is 0 Å². The molecule has 1 amide bonds. The molecule has 1 aromatic heterocycles. The molecule has 0 bridgehead atoms. The molecule has 7 heteroatoms. The van der Waals surface area contributed by atoms with Gasteiger partial charge in [0, 0.05) is 31.4 Å². The Bertz CT molecular complexity index is 984. The fourth-order valence-corrected chi connectivity index (χ4v) is 3.65. The minimum Gasteiger partial charge on any atom is -0.497 e. The van der Waals surface area contributed by atoms with Gasteiger partial charge in [0.25, 0.3) is 0 Å². The number of aromatic nitrogens is 2. The normalized spacial score (nSPS) is 17.6. The van der Waals surface area contributed by atoms with Crippen molar-refractivity contribution < 1.29 is 9.53 Å². The molecule has 3 N–H and O–H groups in total. The first-order chi connectivity index (χ1) is 13.6. The number of rotatable bonds is 5. The second kappa shape index (κ2) is 8.00. The molecule has 1 aliphatic heterocycles. The molecule has 0 aliphatic carbocycles. The van der Waals surface area contributed by atoms with E-state index in [0.29, 0.717) is 6.54 Å². The molecule has 3 aromatic rings. The van der Waals surface area contributed by atoms with Crippen molar-refractivity contribution >= 4 is 22.6 Å². The number of fused-ring (bicyclic) bond motifs is 1. The van der Waals surface area contributed by atoms with Crippen LogP contribution in [0.25, 0.3) is 11.0 Å². The zero-order valence-electron chi connectivity index (χ0n) is 16.2. The van der Waals surface area contributed by atoms with E-state index in [-0.39, 0.29) is 11.9 Å². The van der Waals surface area contributed by atoms with E-state index in [1.54, 1.807) is 7.11 Å². The quantitative estimate of drug-likeness (QED) is 0.634. The molecule has 2 aromatic carbocycles. The number of ether oxygens (including phenoxy) is 1. The fraction of sp³-hybridized carbons (Fsp3) is 0.333. The van der Waals surface area contributed by atoms with Crippen LogP contribution in [-0.2, 0) is 4.79 Å². The van der Waals surface area contributed by atoms with Crippen LogP contribution in [0, 0.1) is 6.92 Å². The summed E-state index contributed by atoms with van der Waals surface area (Å²) in [6, 6.07) is 14.0. The van der Waals surface area contributed by atoms with Crippen LogP contribution in [0.15, 0.2) is 42.5 Å². The maximum absolute atomic E-state index is 12.5. The molecule has 2 heterocycles. The van der Waals surface area contributed by atoms with Crippen LogP contribution in [0.3, 0.4) is 0 Å². The highest BCUT2D eigenvalue weighted by atomic mass is 16.5. The van der Waals surface area contributed by atoms with E-state index in [0.717, 1.165) is 47.9 Å². The first-order valence-corrected chi connectivity index (χ1v) is 9.46. The summed E-state index contributed by atoms with van der Waals surface area (Å²) in [7, 11) is 1.67. The Morgan fingerprint density at radius 2 is 2.21 bits per heavy atom. The summed E-state index contributed by atoms with van der Waals surface area (Å²) in [5.74, 6) is 1.70. The third-order valence-corrected chi connectivity index (χ3v) is 5.01. The summed E-state index contributed by atoms with van der Waals surface area (Å²) in [5.41, 5.74) is 3.78. The summed E-state index contributed by atoms with van der Waals surface area (Å²) in [4.78, 5) is 22.3. The number of amides is 1. The van der Waals surface area contributed by atoms with Gasteiger partial charge in [-0.2, -0.15) is 0 Å². The van der Waals surface area contributed by atoms with Crippen molar-refractivity contribution in [2.75, 3.05) is 38.6 Å². The number of piperazine rings is 1. The number of hydrogen-bond acceptors (Lipinski definition) is 5. The minimum absolute atomic E-state index is 0.0121. The molecule has 7 nitrogen and oxygen atoms in total. The molecule has 146 valence electrons. The van der Waals surface area contributed by atoms with Crippen molar-refractivity contribution in [1.82, 2.24) is 20.2 Å². The Kier molecular flexibility index (Phi) is 5.27. The Balaban J connectivity index is 1.37. The number of imidazole rings is 1. The molecular weight excluding hydrogens is 354 g/mol. The zero-order valence-corrected chi connectivity index (χ0v) is 16.2. The number of carbonyl (C=O) groups excluding carboxylic acids is 1. The Morgan fingerprint density at radius 3 is 3.07 bits per heavy atom. The number of nitrogens with zero attached hydrogens (tertiary/aromatic N) is 2. The van der Waals surface area contributed by atoms with Gasteiger partial charge in [0.2, 0.25) is 5.91 Å². The first-order valence-electron chi connectivity index (χ1n) is 9.46. The number of benzene rings is 2. The highest BCUT2D eigenvalue weighted by Gasteiger charge is 2.22. The van der Waals surface area contributed by atoms with E-state index >= 15 is 0 Å². The van der Waals surface area contributed by atoms with Crippen molar-refractivity contribution in [3.63, 3.8) is 0 Å². The second-order valence-corrected chi connectivity index (χ2v) is 7.12. The zero-order chi connectivity index (χ0) is 19.5. The van der Waals surface area contributed by atoms with Crippen LogP contribution in [0.4, 0.5) is 5.69 Å². The van der Waals surface area contributed by atoms with Crippen LogP contribution < -0.4 is 15.4 Å². The van der Waals surface area contributed by atoms with Crippen LogP contribution >= 0.6 is 0 Å². The van der Waals surface area contributed by atoms with E-state index in [1.807, 2.05) is 43.3 Å². The van der Waals surface area contributed by atoms with Gasteiger partial charge in [-0.1, -0.05) is 12.1 Å². The summed E-state index contributed by atoms with van der Waals surface area (Å²) in [5, 5.41) is 6.52. The van der Waals surface area contributed by atoms with Crippen LogP contribution in [0.2, 0.25) is 0 Å². The molecule has 0 saturated carbocycles. The highest BCUT2D eigenvalue weighted by Crippen LogP contribution is 2.22. The number of hydrogen-bond donors (Lipinski definition) is 3. The summed E-state index contributed by atoms with van der Waals surface area (Å²) in [6.07, 6.45) is 0. The van der Waals surface area contributed by atoms with Gasteiger partial charge in [-0.05, 0) is 42.8 Å². The Labute approximate surface area is 164 Å². The number of nitrogens with one attached hydrogen (secondary N) is 3. The predicted molar refractivity (Wildman–Crippen MR) is 110 cm³/mol. The highest BCUT2D eigenvalue weighted by molar-refractivity contribution is 5.94. The van der Waals surface area contributed by atoms with Crippen molar-refractivity contribution in [3.05, 3.63) is 53.9 Å². The number of aromatic amines is 1. The van der Waals surface area contributed by atoms with Crippen molar-refractivity contribution in [1.29, 1.82) is 0 Å². The fourth-order valence-electron chi connectivity index (χ4n) is 3.65. The van der Waals surface area contributed by atoms with Gasteiger partial charge in [-0.25, -0.2) is 4.98 Å². The lowest BCUT2D eigenvalue weighted by atomic mass is 10.0. The lowest BCUT2D eigenvalue weighted by Crippen LogP contribution is -2.48. The molecule has 1 aliphatic rings. The topological polar surface area (TPSA) is 82.3 Å². The molecule has 1 unspecified atom stereocenters. The van der Waals surface area contributed by atoms with Gasteiger partial charge in [-0.15, -0.1) is 0 Å². The summed E-state index contributed by atoms with van der Waals surface area (Å²) < 4.78 is 5.32. The monoisotopic (exact) mass is 379 g/mol. The van der Waals surface area contributed by atoms with Crippen LogP contribution in [0.5, 0.6) is 5.75 Å². The number of H-pyrrole nitrogens is 1. The van der Waals surface area contributed by atoms with Gasteiger partial charge in [0.15, 0.2) is 0 Å². The average molecular weight is 379 g/mol. The lowest BCUT2D eigenvalue weighted by molar-refractivity contribution is -0.117. The van der Waals surface area contributed by atoms with Gasteiger partial charge in [0.05, 0.1) is 24.7 Å². The molecule has 4 rings (SSSR count). The standard InChI is InChI=1S/C21H25N5O2/c1-14-23-18-7-6-16(11-19(18)24-14)25-21(27)13-26-9-8-22-20(12-26)15-4-3-5-17(10-15)28-2/h3-7,10-11,20,22H,8-9,12-13H2,1-2H3,(H,23,24)(H,25,27). The second-order valence-electron chi connectivity index (χ2n) is 7.12. The number of anilines is 1. The van der Waals surface area contributed by atoms with E-state index in [2.05, 4.69) is 31.6 Å². The SMILES string of the molecule is COc1cccc(C2CN(CC(=O)Nc3ccc4nc(C)[nH]c4c3)CCN2)c1. The van der Waals surface area contributed by atoms with Gasteiger partial charge in [-0.3, -0.25) is 9.69 Å². The molecular formula is C21H25N5O2. The molecule has 1 atom stereocenters. The summed E-state index contributed by atoms with van der Waals surface area (Å²) >= 11 is 0. The molecule has 1 fully saturated rings. The van der Waals surface area contributed by atoms with E-state index in [1.165, 1.54) is 5.56 Å². The van der Waals surface area contributed by atoms with E-state index in [4.69, 9.17) is 4.74 Å². The van der Waals surface area contributed by atoms with Gasteiger partial charge in [0.1, 0.15) is 11.6 Å².